The topological polar surface area (TPSA) is 45.2 Å². The summed E-state index contributed by atoms with van der Waals surface area (Å²) in [5.74, 6) is 0.835. The van der Waals surface area contributed by atoms with E-state index < -0.39 is 0 Å². The molecule has 0 aromatic carbocycles. The van der Waals surface area contributed by atoms with E-state index in [2.05, 4.69) is 17.2 Å². The normalized spacial score (nSPS) is 17.5. The number of hydrogen-bond donors (Lipinski definition) is 1. The zero-order valence-corrected chi connectivity index (χ0v) is 14.4. The molecule has 1 fully saturated rings. The molecule has 1 N–H and O–H groups in total. The van der Waals surface area contributed by atoms with Crippen LogP contribution in [-0.2, 0) is 17.6 Å². The van der Waals surface area contributed by atoms with Gasteiger partial charge in [-0.15, -0.1) is 36.2 Å². The summed E-state index contributed by atoms with van der Waals surface area (Å²) in [4.78, 5) is 18.6. The van der Waals surface area contributed by atoms with E-state index >= 15 is 0 Å². The second-order valence-corrected chi connectivity index (χ2v) is 5.76. The molecule has 1 aliphatic rings. The molecule has 1 aliphatic heterocycles. The second-order valence-electron chi connectivity index (χ2n) is 4.82. The summed E-state index contributed by atoms with van der Waals surface area (Å²) in [6.45, 7) is 4.88. The molecule has 0 bridgehead atoms. The molecule has 116 valence electrons. The van der Waals surface area contributed by atoms with Gasteiger partial charge in [0.25, 0.3) is 0 Å². The fourth-order valence-electron chi connectivity index (χ4n) is 2.37. The van der Waals surface area contributed by atoms with Gasteiger partial charge in [-0.2, -0.15) is 0 Å². The van der Waals surface area contributed by atoms with E-state index in [0.29, 0.717) is 12.3 Å². The summed E-state index contributed by atoms with van der Waals surface area (Å²) in [6, 6.07) is 0. The van der Waals surface area contributed by atoms with Gasteiger partial charge in [-0.25, -0.2) is 4.98 Å². The Bertz CT molecular complexity index is 414. The van der Waals surface area contributed by atoms with Crippen molar-refractivity contribution in [2.75, 3.05) is 26.7 Å². The first-order valence-corrected chi connectivity index (χ1v) is 7.46. The third kappa shape index (κ3) is 5.20. The summed E-state index contributed by atoms with van der Waals surface area (Å²) >= 11 is 1.65. The van der Waals surface area contributed by atoms with Crippen LogP contribution in [0, 0.1) is 5.92 Å². The van der Waals surface area contributed by atoms with Crippen molar-refractivity contribution in [1.82, 2.24) is 15.2 Å². The number of hydrogen-bond acceptors (Lipinski definition) is 4. The first-order chi connectivity index (χ1) is 8.72. The summed E-state index contributed by atoms with van der Waals surface area (Å²) in [5.41, 5.74) is 0.930. The zero-order valence-electron chi connectivity index (χ0n) is 11.9. The molecule has 7 heteroatoms. The fourth-order valence-corrected chi connectivity index (χ4v) is 3.12. The Morgan fingerprint density at radius 3 is 2.90 bits per heavy atom. The third-order valence-corrected chi connectivity index (χ3v) is 4.41. The minimum Gasteiger partial charge on any atom is -0.342 e. The van der Waals surface area contributed by atoms with E-state index in [-0.39, 0.29) is 30.7 Å². The number of halogens is 2. The van der Waals surface area contributed by atoms with Crippen LogP contribution in [0.1, 0.15) is 24.0 Å². The van der Waals surface area contributed by atoms with Crippen molar-refractivity contribution in [2.45, 2.75) is 26.2 Å². The standard InChI is InChI=1S/C13H21N3OS.2ClH/c1-3-12-15-11(9-18-12)6-13(17)16-5-4-10(8-16)7-14-2;;/h9-10,14H,3-8H2,1-2H3;2*1H. The van der Waals surface area contributed by atoms with Crippen molar-refractivity contribution in [1.29, 1.82) is 0 Å². The second kappa shape index (κ2) is 9.55. The summed E-state index contributed by atoms with van der Waals surface area (Å²) in [5, 5.41) is 6.31. The number of amides is 1. The number of rotatable bonds is 5. The first-order valence-electron chi connectivity index (χ1n) is 6.58. The summed E-state index contributed by atoms with van der Waals surface area (Å²) < 4.78 is 0. The average molecular weight is 340 g/mol. The lowest BCUT2D eigenvalue weighted by Gasteiger charge is -2.15. The number of nitrogens with zero attached hydrogens (tertiary/aromatic N) is 2. The molecule has 1 unspecified atom stereocenters. The van der Waals surface area contributed by atoms with Crippen molar-refractivity contribution < 1.29 is 4.79 Å². The van der Waals surface area contributed by atoms with E-state index in [1.165, 1.54) is 0 Å². The van der Waals surface area contributed by atoms with E-state index in [1.54, 1.807) is 11.3 Å². The van der Waals surface area contributed by atoms with Gasteiger partial charge in [0, 0.05) is 18.5 Å². The lowest BCUT2D eigenvalue weighted by Crippen LogP contribution is -2.31. The number of carbonyl (C=O) groups is 1. The molecule has 0 spiro atoms. The third-order valence-electron chi connectivity index (χ3n) is 3.37. The van der Waals surface area contributed by atoms with Crippen LogP contribution < -0.4 is 5.32 Å². The molecular formula is C13H23Cl2N3OS. The lowest BCUT2D eigenvalue weighted by atomic mass is 10.1. The molecule has 1 aromatic rings. The van der Waals surface area contributed by atoms with E-state index in [4.69, 9.17) is 0 Å². The van der Waals surface area contributed by atoms with Gasteiger partial charge in [-0.05, 0) is 32.4 Å². The van der Waals surface area contributed by atoms with Gasteiger partial charge in [0.1, 0.15) is 0 Å². The van der Waals surface area contributed by atoms with Crippen molar-refractivity contribution in [3.63, 3.8) is 0 Å². The van der Waals surface area contributed by atoms with Crippen LogP contribution in [0.4, 0.5) is 0 Å². The van der Waals surface area contributed by atoms with E-state index in [9.17, 15) is 4.79 Å². The molecule has 0 aliphatic carbocycles. The van der Waals surface area contributed by atoms with Crippen molar-refractivity contribution in [3.8, 4) is 0 Å². The van der Waals surface area contributed by atoms with Crippen LogP contribution in [0.15, 0.2) is 5.38 Å². The minimum absolute atomic E-state index is 0. The SMILES string of the molecule is CCc1nc(CC(=O)N2CCC(CNC)C2)cs1.Cl.Cl. The van der Waals surface area contributed by atoms with E-state index in [0.717, 1.165) is 43.2 Å². The largest absolute Gasteiger partial charge is 0.342 e. The Balaban J connectivity index is 0.00000180. The van der Waals surface area contributed by atoms with Gasteiger partial charge < -0.3 is 10.2 Å². The van der Waals surface area contributed by atoms with Gasteiger partial charge in [0.2, 0.25) is 5.91 Å². The molecule has 2 heterocycles. The Morgan fingerprint density at radius 1 is 1.55 bits per heavy atom. The number of aryl methyl sites for hydroxylation is 1. The predicted molar refractivity (Wildman–Crippen MR) is 88.3 cm³/mol. The maximum Gasteiger partial charge on any atom is 0.228 e. The number of aromatic nitrogens is 1. The molecule has 1 atom stereocenters. The quantitative estimate of drug-likeness (QED) is 0.893. The Hall–Kier alpha value is -0.360. The van der Waals surface area contributed by atoms with Crippen LogP contribution in [0.5, 0.6) is 0 Å². The molecule has 2 rings (SSSR count). The molecule has 1 saturated heterocycles. The lowest BCUT2D eigenvalue weighted by molar-refractivity contribution is -0.129. The number of thiazole rings is 1. The maximum atomic E-state index is 12.1. The average Bonchev–Trinajstić information content (AvgIpc) is 2.98. The van der Waals surface area contributed by atoms with Crippen LogP contribution in [0.3, 0.4) is 0 Å². The summed E-state index contributed by atoms with van der Waals surface area (Å²) in [6.07, 6.45) is 2.53. The number of likely N-dealkylation sites (tertiary alicyclic amines) is 1. The Kier molecular flexibility index (Phi) is 9.38. The Labute approximate surface area is 137 Å². The van der Waals surface area contributed by atoms with Gasteiger partial charge in [-0.3, -0.25) is 4.79 Å². The Morgan fingerprint density at radius 2 is 2.30 bits per heavy atom. The molecule has 20 heavy (non-hydrogen) atoms. The van der Waals surface area contributed by atoms with Crippen LogP contribution in [0.25, 0.3) is 0 Å². The van der Waals surface area contributed by atoms with Gasteiger partial charge in [0.05, 0.1) is 17.1 Å². The maximum absolute atomic E-state index is 12.1. The van der Waals surface area contributed by atoms with Gasteiger partial charge in [0.15, 0.2) is 0 Å². The predicted octanol–water partition coefficient (Wildman–Crippen LogP) is 2.16. The highest BCUT2D eigenvalue weighted by molar-refractivity contribution is 7.09. The van der Waals surface area contributed by atoms with Crippen LogP contribution in [-0.4, -0.2) is 42.5 Å². The fraction of sp³-hybridized carbons (Fsp3) is 0.692. The first kappa shape index (κ1) is 19.6. The number of carbonyl (C=O) groups excluding carboxylic acids is 1. The van der Waals surface area contributed by atoms with Gasteiger partial charge in [-0.1, -0.05) is 6.92 Å². The molecular weight excluding hydrogens is 317 g/mol. The highest BCUT2D eigenvalue weighted by Gasteiger charge is 2.25. The monoisotopic (exact) mass is 339 g/mol. The summed E-state index contributed by atoms with van der Waals surface area (Å²) in [7, 11) is 1.96. The number of nitrogens with one attached hydrogen (secondary N) is 1. The highest BCUT2D eigenvalue weighted by Crippen LogP contribution is 2.17. The van der Waals surface area contributed by atoms with E-state index in [1.807, 2.05) is 17.3 Å². The van der Waals surface area contributed by atoms with Gasteiger partial charge >= 0.3 is 0 Å². The van der Waals surface area contributed by atoms with Crippen molar-refractivity contribution >= 4 is 42.1 Å². The van der Waals surface area contributed by atoms with Crippen LogP contribution in [0.2, 0.25) is 0 Å². The molecule has 0 saturated carbocycles. The van der Waals surface area contributed by atoms with Crippen LogP contribution >= 0.6 is 36.2 Å². The molecule has 4 nitrogen and oxygen atoms in total. The minimum atomic E-state index is 0. The zero-order chi connectivity index (χ0) is 13.0. The van der Waals surface area contributed by atoms with Crippen molar-refractivity contribution in [3.05, 3.63) is 16.1 Å². The smallest absolute Gasteiger partial charge is 0.228 e. The van der Waals surface area contributed by atoms with Crippen molar-refractivity contribution in [2.24, 2.45) is 5.92 Å². The highest BCUT2D eigenvalue weighted by atomic mass is 35.5. The molecule has 1 amide bonds. The molecule has 0 radical (unpaired) electrons. The molecule has 1 aromatic heterocycles.